The molecule has 3 nitrogen and oxygen atoms in total. The predicted octanol–water partition coefficient (Wildman–Crippen LogP) is 2.43. The van der Waals surface area contributed by atoms with Gasteiger partial charge in [0.1, 0.15) is 0 Å². The summed E-state index contributed by atoms with van der Waals surface area (Å²) >= 11 is 4.93. The lowest BCUT2D eigenvalue weighted by Gasteiger charge is -2.16. The number of thiocarbonyl (C=S) groups is 1. The summed E-state index contributed by atoms with van der Waals surface area (Å²) < 4.78 is 43.5. The molecule has 0 aliphatic heterocycles. The zero-order chi connectivity index (χ0) is 13.7. The lowest BCUT2D eigenvalue weighted by atomic mass is 10.3. The summed E-state index contributed by atoms with van der Waals surface area (Å²) in [6, 6.07) is 1.59. The monoisotopic (exact) mass is 278 g/mol. The molecule has 1 rings (SSSR count). The molecule has 0 amide bonds. The standard InChI is InChI=1S/C11H13F3N2OS/c1-6(5-17-2)15-11(18)16-7-3-8(12)10(14)9(13)4-7/h3-4,6H,5H2,1-2H3,(H2,15,16,18). The van der Waals surface area contributed by atoms with Gasteiger partial charge in [0.25, 0.3) is 0 Å². The van der Waals surface area contributed by atoms with Crippen LogP contribution in [0, 0.1) is 17.5 Å². The van der Waals surface area contributed by atoms with Crippen molar-refractivity contribution in [2.75, 3.05) is 19.0 Å². The molecular weight excluding hydrogens is 265 g/mol. The van der Waals surface area contributed by atoms with Crippen LogP contribution in [0.15, 0.2) is 12.1 Å². The van der Waals surface area contributed by atoms with E-state index in [2.05, 4.69) is 10.6 Å². The van der Waals surface area contributed by atoms with E-state index in [0.717, 1.165) is 12.1 Å². The van der Waals surface area contributed by atoms with Crippen molar-refractivity contribution in [3.05, 3.63) is 29.6 Å². The first kappa shape index (κ1) is 14.7. The minimum Gasteiger partial charge on any atom is -0.383 e. The summed E-state index contributed by atoms with van der Waals surface area (Å²) in [5, 5.41) is 5.57. The average Bonchev–Trinajstić information content (AvgIpc) is 2.25. The van der Waals surface area contributed by atoms with Crippen molar-refractivity contribution < 1.29 is 17.9 Å². The maximum absolute atomic E-state index is 12.9. The summed E-state index contributed by atoms with van der Waals surface area (Å²) in [6.45, 7) is 2.25. The van der Waals surface area contributed by atoms with Crippen LogP contribution >= 0.6 is 12.2 Å². The second-order valence-corrected chi connectivity index (χ2v) is 4.12. The summed E-state index contributed by atoms with van der Waals surface area (Å²) in [5.74, 6) is -4.05. The largest absolute Gasteiger partial charge is 0.383 e. The zero-order valence-corrected chi connectivity index (χ0v) is 10.7. The Morgan fingerprint density at radius 2 is 1.89 bits per heavy atom. The van der Waals surface area contributed by atoms with Crippen LogP contribution in [0.25, 0.3) is 0 Å². The maximum atomic E-state index is 12.9. The molecule has 0 aliphatic rings. The number of rotatable bonds is 4. The molecule has 2 N–H and O–H groups in total. The Morgan fingerprint density at radius 1 is 1.33 bits per heavy atom. The molecular formula is C11H13F3N2OS. The first-order valence-electron chi connectivity index (χ1n) is 5.15. The van der Waals surface area contributed by atoms with Crippen molar-refractivity contribution in [2.45, 2.75) is 13.0 Å². The number of hydrogen-bond acceptors (Lipinski definition) is 2. The zero-order valence-electron chi connectivity index (χ0n) is 9.89. The van der Waals surface area contributed by atoms with Gasteiger partial charge in [-0.05, 0) is 19.1 Å². The van der Waals surface area contributed by atoms with Crippen LogP contribution in [0.2, 0.25) is 0 Å². The Hall–Kier alpha value is -1.34. The number of nitrogens with one attached hydrogen (secondary N) is 2. The highest BCUT2D eigenvalue weighted by molar-refractivity contribution is 7.80. The molecule has 0 heterocycles. The molecule has 1 unspecified atom stereocenters. The lowest BCUT2D eigenvalue weighted by Crippen LogP contribution is -2.38. The molecule has 0 fully saturated rings. The van der Waals surface area contributed by atoms with Gasteiger partial charge in [0, 0.05) is 31.0 Å². The molecule has 0 radical (unpaired) electrons. The topological polar surface area (TPSA) is 33.3 Å². The van der Waals surface area contributed by atoms with Crippen LogP contribution in [0.5, 0.6) is 0 Å². The Kier molecular flexibility index (Phi) is 5.36. The number of hydrogen-bond donors (Lipinski definition) is 2. The fraction of sp³-hybridized carbons (Fsp3) is 0.364. The molecule has 7 heteroatoms. The van der Waals surface area contributed by atoms with Gasteiger partial charge in [-0.15, -0.1) is 0 Å². The highest BCUT2D eigenvalue weighted by atomic mass is 32.1. The molecule has 0 aliphatic carbocycles. The van der Waals surface area contributed by atoms with Crippen molar-refractivity contribution in [1.82, 2.24) is 5.32 Å². The van der Waals surface area contributed by atoms with Gasteiger partial charge in [-0.25, -0.2) is 13.2 Å². The van der Waals surface area contributed by atoms with Gasteiger partial charge >= 0.3 is 0 Å². The highest BCUT2D eigenvalue weighted by Crippen LogP contribution is 2.17. The van der Waals surface area contributed by atoms with E-state index in [4.69, 9.17) is 17.0 Å². The molecule has 0 aromatic heterocycles. The summed E-state index contributed by atoms with van der Waals surface area (Å²) in [4.78, 5) is 0. The van der Waals surface area contributed by atoms with Crippen molar-refractivity contribution in [3.8, 4) is 0 Å². The molecule has 18 heavy (non-hydrogen) atoms. The van der Waals surface area contributed by atoms with Crippen LogP contribution in [0.1, 0.15) is 6.92 Å². The molecule has 0 saturated carbocycles. The van der Waals surface area contributed by atoms with E-state index in [1.165, 1.54) is 0 Å². The quantitative estimate of drug-likeness (QED) is 0.654. The van der Waals surface area contributed by atoms with Crippen LogP contribution < -0.4 is 10.6 Å². The van der Waals surface area contributed by atoms with Gasteiger partial charge in [-0.1, -0.05) is 0 Å². The molecule has 0 spiro atoms. The summed E-state index contributed by atoms with van der Waals surface area (Å²) in [5.41, 5.74) is 0.0357. The van der Waals surface area contributed by atoms with E-state index in [0.29, 0.717) is 6.61 Å². The SMILES string of the molecule is COCC(C)NC(=S)Nc1cc(F)c(F)c(F)c1. The van der Waals surface area contributed by atoms with Crippen LogP contribution in [0.4, 0.5) is 18.9 Å². The van der Waals surface area contributed by atoms with E-state index < -0.39 is 17.5 Å². The number of anilines is 1. The molecule has 1 atom stereocenters. The van der Waals surface area contributed by atoms with Crippen LogP contribution in [-0.2, 0) is 4.74 Å². The van der Waals surface area contributed by atoms with Crippen molar-refractivity contribution in [2.24, 2.45) is 0 Å². The highest BCUT2D eigenvalue weighted by Gasteiger charge is 2.11. The average molecular weight is 278 g/mol. The third-order valence-electron chi connectivity index (χ3n) is 2.04. The first-order valence-corrected chi connectivity index (χ1v) is 5.56. The second-order valence-electron chi connectivity index (χ2n) is 3.71. The number of benzene rings is 1. The Morgan fingerprint density at radius 3 is 2.39 bits per heavy atom. The van der Waals surface area contributed by atoms with Crippen molar-refractivity contribution >= 4 is 23.0 Å². The Balaban J connectivity index is 2.65. The van der Waals surface area contributed by atoms with E-state index in [1.54, 1.807) is 7.11 Å². The minimum atomic E-state index is -1.51. The van der Waals surface area contributed by atoms with E-state index in [1.807, 2.05) is 6.92 Å². The van der Waals surface area contributed by atoms with Crippen molar-refractivity contribution in [3.63, 3.8) is 0 Å². The molecule has 0 saturated heterocycles. The summed E-state index contributed by atoms with van der Waals surface area (Å²) in [7, 11) is 1.54. The van der Waals surface area contributed by atoms with Gasteiger partial charge in [0.05, 0.1) is 6.61 Å². The smallest absolute Gasteiger partial charge is 0.194 e. The lowest BCUT2D eigenvalue weighted by molar-refractivity contribution is 0.179. The van der Waals surface area contributed by atoms with Crippen LogP contribution in [0.3, 0.4) is 0 Å². The van der Waals surface area contributed by atoms with E-state index in [9.17, 15) is 13.2 Å². The minimum absolute atomic E-state index is 0.0357. The van der Waals surface area contributed by atoms with Gasteiger partial charge in [-0.3, -0.25) is 0 Å². The second kappa shape index (κ2) is 6.55. The van der Waals surface area contributed by atoms with E-state index >= 15 is 0 Å². The van der Waals surface area contributed by atoms with Crippen molar-refractivity contribution in [1.29, 1.82) is 0 Å². The molecule has 1 aromatic carbocycles. The molecule has 0 bridgehead atoms. The van der Waals surface area contributed by atoms with Crippen LogP contribution in [-0.4, -0.2) is 24.9 Å². The normalized spacial score (nSPS) is 12.1. The number of ether oxygens (including phenoxy) is 1. The third-order valence-corrected chi connectivity index (χ3v) is 2.26. The van der Waals surface area contributed by atoms with Gasteiger partial charge < -0.3 is 15.4 Å². The molecule has 1 aromatic rings. The van der Waals surface area contributed by atoms with Gasteiger partial charge in [0.2, 0.25) is 0 Å². The molecule has 100 valence electrons. The predicted molar refractivity (Wildman–Crippen MR) is 67.0 cm³/mol. The van der Waals surface area contributed by atoms with Gasteiger partial charge in [-0.2, -0.15) is 0 Å². The third kappa shape index (κ3) is 4.15. The van der Waals surface area contributed by atoms with Gasteiger partial charge in [0.15, 0.2) is 22.6 Å². The first-order chi connectivity index (χ1) is 8.43. The number of halogens is 3. The number of methoxy groups -OCH3 is 1. The fourth-order valence-corrected chi connectivity index (χ4v) is 1.63. The van der Waals surface area contributed by atoms with E-state index in [-0.39, 0.29) is 16.8 Å². The fourth-order valence-electron chi connectivity index (χ4n) is 1.31. The summed E-state index contributed by atoms with van der Waals surface area (Å²) in [6.07, 6.45) is 0. The Labute approximate surface area is 108 Å². The maximum Gasteiger partial charge on any atom is 0.194 e. The Bertz CT molecular complexity index is 419.